The molecule has 0 spiro atoms. The van der Waals surface area contributed by atoms with Crippen molar-refractivity contribution in [1.82, 2.24) is 0 Å². The van der Waals surface area contributed by atoms with Crippen LogP contribution >= 0.6 is 0 Å². The maximum atomic E-state index is 12.5. The number of carbonyl (C=O) groups excluding carboxylic acids is 1. The molecular formula is C24H28F6O3. The molecule has 33 heavy (non-hydrogen) atoms. The highest BCUT2D eigenvalue weighted by atomic mass is 19.4. The van der Waals surface area contributed by atoms with Gasteiger partial charge < -0.3 is 9.47 Å². The van der Waals surface area contributed by atoms with Gasteiger partial charge in [-0.25, -0.2) is 4.79 Å². The van der Waals surface area contributed by atoms with Crippen molar-refractivity contribution in [2.45, 2.75) is 65.4 Å². The van der Waals surface area contributed by atoms with Gasteiger partial charge in [0.25, 0.3) is 6.10 Å². The van der Waals surface area contributed by atoms with Crippen molar-refractivity contribution in [2.75, 3.05) is 6.61 Å². The van der Waals surface area contributed by atoms with E-state index < -0.39 is 31.0 Å². The molecule has 1 unspecified atom stereocenters. The van der Waals surface area contributed by atoms with E-state index in [1.165, 1.54) is 11.6 Å². The zero-order chi connectivity index (χ0) is 25.2. The number of rotatable bonds is 7. The van der Waals surface area contributed by atoms with Crippen molar-refractivity contribution in [3.05, 3.63) is 42.0 Å². The van der Waals surface area contributed by atoms with Crippen molar-refractivity contribution in [1.29, 1.82) is 0 Å². The van der Waals surface area contributed by atoms with Gasteiger partial charge in [0.05, 0.1) is 0 Å². The molecule has 0 aliphatic heterocycles. The van der Waals surface area contributed by atoms with Gasteiger partial charge in [-0.2, -0.15) is 26.3 Å². The van der Waals surface area contributed by atoms with E-state index in [0.717, 1.165) is 17.2 Å². The fourth-order valence-electron chi connectivity index (χ4n) is 3.64. The summed E-state index contributed by atoms with van der Waals surface area (Å²) in [5.74, 6) is -0.818. The lowest BCUT2D eigenvalue weighted by Gasteiger charge is -2.33. The van der Waals surface area contributed by atoms with Crippen LogP contribution in [0.3, 0.4) is 0 Å². The molecule has 0 N–H and O–H groups in total. The van der Waals surface area contributed by atoms with E-state index in [0.29, 0.717) is 11.8 Å². The van der Waals surface area contributed by atoms with Crippen molar-refractivity contribution in [2.24, 2.45) is 11.3 Å². The molecule has 0 aliphatic carbocycles. The lowest BCUT2D eigenvalue weighted by Crippen LogP contribution is -2.46. The number of benzene rings is 2. The van der Waals surface area contributed by atoms with Gasteiger partial charge in [0.2, 0.25) is 0 Å². The molecule has 0 bridgehead atoms. The Morgan fingerprint density at radius 3 is 1.94 bits per heavy atom. The van der Waals surface area contributed by atoms with Gasteiger partial charge >= 0.3 is 18.3 Å². The van der Waals surface area contributed by atoms with Gasteiger partial charge in [0.1, 0.15) is 5.75 Å². The van der Waals surface area contributed by atoms with E-state index in [1.807, 2.05) is 12.1 Å². The number of halogens is 6. The smallest absolute Gasteiger partial charge is 0.434 e. The number of hydrogen-bond donors (Lipinski definition) is 0. The van der Waals surface area contributed by atoms with Crippen LogP contribution in [-0.4, -0.2) is 31.0 Å². The summed E-state index contributed by atoms with van der Waals surface area (Å²) < 4.78 is 83.7. The van der Waals surface area contributed by atoms with Crippen molar-refractivity contribution >= 4 is 16.7 Å². The third kappa shape index (κ3) is 7.54. The van der Waals surface area contributed by atoms with Crippen LogP contribution in [0.5, 0.6) is 5.75 Å². The summed E-state index contributed by atoms with van der Waals surface area (Å²) in [5.41, 5.74) is 1.22. The Morgan fingerprint density at radius 1 is 0.879 bits per heavy atom. The Kier molecular flexibility index (Phi) is 7.97. The van der Waals surface area contributed by atoms with Crippen LogP contribution in [0.15, 0.2) is 36.4 Å². The molecule has 0 aliphatic rings. The van der Waals surface area contributed by atoms with Crippen LogP contribution in [0.2, 0.25) is 0 Å². The molecule has 0 aromatic heterocycles. The van der Waals surface area contributed by atoms with Crippen molar-refractivity contribution in [3.63, 3.8) is 0 Å². The Bertz CT molecular complexity index is 943. The fourth-order valence-corrected chi connectivity index (χ4v) is 3.64. The Labute approximate surface area is 189 Å². The summed E-state index contributed by atoms with van der Waals surface area (Å²) in [4.78, 5) is 11.5. The molecule has 3 nitrogen and oxygen atoms in total. The summed E-state index contributed by atoms with van der Waals surface area (Å²) in [5, 5.41) is 1.65. The molecule has 0 saturated heterocycles. The Balaban J connectivity index is 2.14. The highest BCUT2D eigenvalue weighted by Crippen LogP contribution is 2.41. The Morgan fingerprint density at radius 2 is 1.42 bits per heavy atom. The zero-order valence-electron chi connectivity index (χ0n) is 19.1. The minimum Gasteiger partial charge on any atom is -0.482 e. The molecule has 184 valence electrons. The lowest BCUT2D eigenvalue weighted by molar-refractivity contribution is -0.313. The van der Waals surface area contributed by atoms with Gasteiger partial charge in [0.15, 0.2) is 6.61 Å². The molecule has 1 atom stereocenters. The maximum Gasteiger partial charge on any atom is 0.434 e. The van der Waals surface area contributed by atoms with Crippen LogP contribution in [0, 0.1) is 11.3 Å². The molecule has 0 amide bonds. The van der Waals surface area contributed by atoms with Gasteiger partial charge in [-0.15, -0.1) is 0 Å². The highest BCUT2D eigenvalue weighted by molar-refractivity contribution is 5.84. The monoisotopic (exact) mass is 478 g/mol. The second-order valence-electron chi connectivity index (χ2n) is 9.56. The van der Waals surface area contributed by atoms with Crippen LogP contribution in [0.25, 0.3) is 10.8 Å². The average molecular weight is 478 g/mol. The first-order chi connectivity index (χ1) is 15.0. The summed E-state index contributed by atoms with van der Waals surface area (Å²) in [6.45, 7) is 9.79. The molecule has 2 aromatic rings. The van der Waals surface area contributed by atoms with Gasteiger partial charge in [-0.05, 0) is 52.1 Å². The average Bonchev–Trinajstić information content (AvgIpc) is 2.65. The predicted octanol–water partition coefficient (Wildman–Crippen LogP) is 7.43. The molecule has 0 saturated carbocycles. The normalized spacial score (nSPS) is 14.1. The van der Waals surface area contributed by atoms with Crippen LogP contribution in [0.4, 0.5) is 26.3 Å². The minimum absolute atomic E-state index is 0.0477. The fraction of sp³-hybridized carbons (Fsp3) is 0.542. The third-order valence-corrected chi connectivity index (χ3v) is 5.19. The zero-order valence-corrected chi connectivity index (χ0v) is 19.1. The molecule has 0 heterocycles. The predicted molar refractivity (Wildman–Crippen MR) is 113 cm³/mol. The number of fused-ring (bicyclic) bond motifs is 1. The summed E-state index contributed by atoms with van der Waals surface area (Å²) in [7, 11) is 0. The van der Waals surface area contributed by atoms with Crippen molar-refractivity contribution < 1.29 is 40.6 Å². The van der Waals surface area contributed by atoms with Gasteiger partial charge in [0, 0.05) is 0 Å². The highest BCUT2D eigenvalue weighted by Gasteiger charge is 2.59. The summed E-state index contributed by atoms with van der Waals surface area (Å²) >= 11 is 0. The number of esters is 1. The SMILES string of the molecule is CC(C)CC(c1ccc2cc(OCC(=O)OC(C(F)(F)F)C(F)(F)F)ccc2c1)C(C)(C)C. The molecule has 0 fully saturated rings. The van der Waals surface area contributed by atoms with Crippen LogP contribution in [-0.2, 0) is 9.53 Å². The second kappa shape index (κ2) is 9.81. The van der Waals surface area contributed by atoms with E-state index in [2.05, 4.69) is 45.4 Å². The molecule has 2 aromatic carbocycles. The first-order valence-electron chi connectivity index (χ1n) is 10.5. The van der Waals surface area contributed by atoms with E-state index in [9.17, 15) is 31.1 Å². The lowest BCUT2D eigenvalue weighted by atomic mass is 9.72. The maximum absolute atomic E-state index is 12.5. The quantitative estimate of drug-likeness (QED) is 0.307. The second-order valence-corrected chi connectivity index (χ2v) is 9.56. The van der Waals surface area contributed by atoms with Crippen LogP contribution in [0.1, 0.15) is 52.5 Å². The molecule has 2 rings (SSSR count). The minimum atomic E-state index is -5.77. The van der Waals surface area contributed by atoms with Gasteiger partial charge in [-0.3, -0.25) is 0 Å². The molecule has 0 radical (unpaired) electrons. The first-order valence-corrected chi connectivity index (χ1v) is 10.5. The third-order valence-electron chi connectivity index (χ3n) is 5.19. The number of hydrogen-bond acceptors (Lipinski definition) is 3. The van der Waals surface area contributed by atoms with E-state index in [1.54, 1.807) is 12.1 Å². The number of ether oxygens (including phenoxy) is 2. The Hall–Kier alpha value is -2.45. The standard InChI is InChI=1S/C24H28F6O3/c1-14(2)10-19(22(3,4)5)17-7-6-16-12-18(9-8-15(16)11-17)32-13-20(31)33-21(23(25,26)27)24(28,29)30/h6-9,11-12,14,19,21H,10,13H2,1-5H3. The van der Waals surface area contributed by atoms with E-state index in [4.69, 9.17) is 4.74 Å². The molecule has 9 heteroatoms. The topological polar surface area (TPSA) is 35.5 Å². The summed E-state index contributed by atoms with van der Waals surface area (Å²) in [6.07, 6.45) is -14.7. The number of alkyl halides is 6. The molecular weight excluding hydrogens is 450 g/mol. The first kappa shape index (κ1) is 26.8. The number of carbonyl (C=O) groups is 1. The van der Waals surface area contributed by atoms with Crippen molar-refractivity contribution in [3.8, 4) is 5.75 Å². The van der Waals surface area contributed by atoms with Crippen LogP contribution < -0.4 is 4.74 Å². The summed E-state index contributed by atoms with van der Waals surface area (Å²) in [6, 6.07) is 10.7. The van der Waals surface area contributed by atoms with Gasteiger partial charge in [-0.1, -0.05) is 58.9 Å². The van der Waals surface area contributed by atoms with E-state index >= 15 is 0 Å². The van der Waals surface area contributed by atoms with E-state index in [-0.39, 0.29) is 11.2 Å². The largest absolute Gasteiger partial charge is 0.482 e.